The predicted octanol–water partition coefficient (Wildman–Crippen LogP) is 4.69. The summed E-state index contributed by atoms with van der Waals surface area (Å²) in [6, 6.07) is 18.4. The summed E-state index contributed by atoms with van der Waals surface area (Å²) in [6.45, 7) is 1.53. The average Bonchev–Trinajstić information content (AvgIpc) is 2.69. The Bertz CT molecular complexity index is 1090. The number of aromatic nitrogens is 3. The van der Waals surface area contributed by atoms with Gasteiger partial charge in [0.05, 0.1) is 10.9 Å². The SMILES string of the molecule is CC(=O)c1cccc(Oc2nc(-c3ccncc3)nc3ccccc23)c1. The molecule has 4 rings (SSSR count). The molecule has 0 saturated carbocycles. The van der Waals surface area contributed by atoms with Crippen molar-refractivity contribution in [2.75, 3.05) is 0 Å². The number of nitrogens with zero attached hydrogens (tertiary/aromatic N) is 3. The first-order valence-electron chi connectivity index (χ1n) is 8.17. The van der Waals surface area contributed by atoms with Crippen molar-refractivity contribution in [1.82, 2.24) is 15.0 Å². The zero-order valence-electron chi connectivity index (χ0n) is 14.1. The molecule has 0 radical (unpaired) electrons. The lowest BCUT2D eigenvalue weighted by Crippen LogP contribution is -1.97. The molecule has 5 nitrogen and oxygen atoms in total. The van der Waals surface area contributed by atoms with Crippen LogP contribution in [0.5, 0.6) is 11.6 Å². The van der Waals surface area contributed by atoms with E-state index >= 15 is 0 Å². The van der Waals surface area contributed by atoms with Crippen molar-refractivity contribution in [2.24, 2.45) is 0 Å². The maximum absolute atomic E-state index is 11.6. The zero-order chi connectivity index (χ0) is 17.9. The summed E-state index contributed by atoms with van der Waals surface area (Å²) in [4.78, 5) is 24.9. The molecular formula is C21H15N3O2. The fourth-order valence-electron chi connectivity index (χ4n) is 2.65. The van der Waals surface area contributed by atoms with E-state index in [1.807, 2.05) is 36.4 Å². The molecule has 2 heterocycles. The molecule has 2 aromatic heterocycles. The number of para-hydroxylation sites is 1. The molecule has 0 spiro atoms. The van der Waals surface area contributed by atoms with Crippen LogP contribution in [-0.2, 0) is 0 Å². The van der Waals surface area contributed by atoms with Gasteiger partial charge in [-0.2, -0.15) is 4.98 Å². The highest BCUT2D eigenvalue weighted by molar-refractivity contribution is 5.94. The van der Waals surface area contributed by atoms with Gasteiger partial charge in [0.25, 0.3) is 0 Å². The monoisotopic (exact) mass is 341 g/mol. The molecule has 2 aromatic carbocycles. The molecule has 4 aromatic rings. The summed E-state index contributed by atoms with van der Waals surface area (Å²) >= 11 is 0. The number of rotatable bonds is 4. The third-order valence-corrected chi connectivity index (χ3v) is 3.96. The molecule has 0 fully saturated rings. The highest BCUT2D eigenvalue weighted by Gasteiger charge is 2.12. The van der Waals surface area contributed by atoms with Crippen molar-refractivity contribution in [1.29, 1.82) is 0 Å². The van der Waals surface area contributed by atoms with Gasteiger partial charge in [0, 0.05) is 23.5 Å². The highest BCUT2D eigenvalue weighted by Crippen LogP contribution is 2.30. The molecule has 0 saturated heterocycles. The van der Waals surface area contributed by atoms with E-state index in [0.29, 0.717) is 23.0 Å². The van der Waals surface area contributed by atoms with Crippen LogP contribution >= 0.6 is 0 Å². The van der Waals surface area contributed by atoms with E-state index < -0.39 is 0 Å². The summed E-state index contributed by atoms with van der Waals surface area (Å²) in [5, 5.41) is 0.804. The largest absolute Gasteiger partial charge is 0.438 e. The topological polar surface area (TPSA) is 65.0 Å². The number of fused-ring (bicyclic) bond motifs is 1. The van der Waals surface area contributed by atoms with Gasteiger partial charge < -0.3 is 4.74 Å². The van der Waals surface area contributed by atoms with Crippen LogP contribution in [0, 0.1) is 0 Å². The molecular weight excluding hydrogens is 326 g/mol. The quantitative estimate of drug-likeness (QED) is 0.504. The van der Waals surface area contributed by atoms with Gasteiger partial charge in [0.15, 0.2) is 11.6 Å². The third kappa shape index (κ3) is 3.15. The van der Waals surface area contributed by atoms with E-state index in [1.165, 1.54) is 6.92 Å². The Morgan fingerprint density at radius 2 is 1.73 bits per heavy atom. The molecule has 0 bridgehead atoms. The second-order valence-electron chi connectivity index (χ2n) is 5.79. The minimum Gasteiger partial charge on any atom is -0.438 e. The van der Waals surface area contributed by atoms with Crippen LogP contribution < -0.4 is 4.74 Å². The Balaban J connectivity index is 1.83. The van der Waals surface area contributed by atoms with Crippen molar-refractivity contribution in [3.05, 3.63) is 78.6 Å². The first kappa shape index (κ1) is 15.9. The Labute approximate surface area is 150 Å². The van der Waals surface area contributed by atoms with Crippen molar-refractivity contribution in [2.45, 2.75) is 6.92 Å². The van der Waals surface area contributed by atoms with Gasteiger partial charge in [0.1, 0.15) is 5.75 Å². The van der Waals surface area contributed by atoms with Crippen molar-refractivity contribution in [3.63, 3.8) is 0 Å². The number of hydrogen-bond acceptors (Lipinski definition) is 5. The van der Waals surface area contributed by atoms with Crippen LogP contribution in [-0.4, -0.2) is 20.7 Å². The van der Waals surface area contributed by atoms with Crippen molar-refractivity contribution >= 4 is 16.7 Å². The van der Waals surface area contributed by atoms with E-state index in [0.717, 1.165) is 16.5 Å². The van der Waals surface area contributed by atoms with Gasteiger partial charge in [-0.1, -0.05) is 24.3 Å². The lowest BCUT2D eigenvalue weighted by Gasteiger charge is -2.10. The van der Waals surface area contributed by atoms with Gasteiger partial charge in [-0.25, -0.2) is 4.98 Å². The summed E-state index contributed by atoms with van der Waals surface area (Å²) in [7, 11) is 0. The van der Waals surface area contributed by atoms with Crippen LogP contribution in [0.15, 0.2) is 73.1 Å². The number of Topliss-reactive ketones (excluding diaryl/α,β-unsaturated/α-hetero) is 1. The lowest BCUT2D eigenvalue weighted by molar-refractivity contribution is 0.101. The number of ketones is 1. The number of ether oxygens (including phenoxy) is 1. The van der Waals surface area contributed by atoms with Crippen molar-refractivity contribution in [3.8, 4) is 23.0 Å². The van der Waals surface area contributed by atoms with Gasteiger partial charge in [-0.05, 0) is 43.3 Å². The smallest absolute Gasteiger partial charge is 0.230 e. The first-order chi connectivity index (χ1) is 12.7. The normalized spacial score (nSPS) is 10.7. The van der Waals surface area contributed by atoms with Crippen LogP contribution in [0.3, 0.4) is 0 Å². The Kier molecular flexibility index (Phi) is 4.11. The molecule has 5 heteroatoms. The Morgan fingerprint density at radius 1 is 0.923 bits per heavy atom. The molecule has 0 N–H and O–H groups in total. The highest BCUT2D eigenvalue weighted by atomic mass is 16.5. The van der Waals surface area contributed by atoms with Crippen LogP contribution in [0.4, 0.5) is 0 Å². The minimum atomic E-state index is -0.0135. The number of hydrogen-bond donors (Lipinski definition) is 0. The zero-order valence-corrected chi connectivity index (χ0v) is 14.1. The summed E-state index contributed by atoms with van der Waals surface area (Å²) < 4.78 is 6.03. The van der Waals surface area contributed by atoms with E-state index in [-0.39, 0.29) is 5.78 Å². The van der Waals surface area contributed by atoms with Gasteiger partial charge >= 0.3 is 0 Å². The van der Waals surface area contributed by atoms with Crippen LogP contribution in [0.25, 0.3) is 22.3 Å². The van der Waals surface area contributed by atoms with E-state index in [2.05, 4.69) is 15.0 Å². The Hall–Kier alpha value is -3.60. The fourth-order valence-corrected chi connectivity index (χ4v) is 2.65. The Morgan fingerprint density at radius 3 is 2.54 bits per heavy atom. The lowest BCUT2D eigenvalue weighted by atomic mass is 10.1. The molecule has 0 unspecified atom stereocenters. The summed E-state index contributed by atoms with van der Waals surface area (Å²) in [5.74, 6) is 1.55. The van der Waals surface area contributed by atoms with E-state index in [9.17, 15) is 4.79 Å². The number of pyridine rings is 1. The number of benzene rings is 2. The average molecular weight is 341 g/mol. The summed E-state index contributed by atoms with van der Waals surface area (Å²) in [5.41, 5.74) is 2.23. The van der Waals surface area contributed by atoms with Crippen molar-refractivity contribution < 1.29 is 9.53 Å². The molecule has 0 aliphatic carbocycles. The maximum atomic E-state index is 11.6. The van der Waals surface area contributed by atoms with Gasteiger partial charge in [0.2, 0.25) is 5.88 Å². The molecule has 0 amide bonds. The van der Waals surface area contributed by atoms with Crippen LogP contribution in [0.2, 0.25) is 0 Å². The standard InChI is InChI=1S/C21H15N3O2/c1-14(25)16-5-4-6-17(13-16)26-21-18-7-2-3-8-19(18)23-20(24-21)15-9-11-22-12-10-15/h2-13H,1H3. The number of carbonyl (C=O) groups is 1. The molecule has 0 aliphatic heterocycles. The molecule has 26 heavy (non-hydrogen) atoms. The molecule has 126 valence electrons. The first-order valence-corrected chi connectivity index (χ1v) is 8.17. The number of carbonyl (C=O) groups excluding carboxylic acids is 1. The van der Waals surface area contributed by atoms with Crippen LogP contribution in [0.1, 0.15) is 17.3 Å². The minimum absolute atomic E-state index is 0.0135. The second kappa shape index (κ2) is 6.72. The maximum Gasteiger partial charge on any atom is 0.230 e. The van der Waals surface area contributed by atoms with Gasteiger partial charge in [-0.15, -0.1) is 0 Å². The summed E-state index contributed by atoms with van der Waals surface area (Å²) in [6.07, 6.45) is 3.40. The predicted molar refractivity (Wildman–Crippen MR) is 99.3 cm³/mol. The van der Waals surface area contributed by atoms with E-state index in [1.54, 1.807) is 36.7 Å². The third-order valence-electron chi connectivity index (χ3n) is 3.96. The second-order valence-corrected chi connectivity index (χ2v) is 5.79. The van der Waals surface area contributed by atoms with Gasteiger partial charge in [-0.3, -0.25) is 9.78 Å². The molecule has 0 aliphatic rings. The van der Waals surface area contributed by atoms with E-state index in [4.69, 9.17) is 4.74 Å². The molecule has 0 atom stereocenters. The fraction of sp³-hybridized carbons (Fsp3) is 0.0476.